The van der Waals surface area contributed by atoms with Crippen molar-refractivity contribution in [2.45, 2.75) is 56.5 Å². The Balaban J connectivity index is 1.65. The van der Waals surface area contributed by atoms with Gasteiger partial charge in [-0.15, -0.1) is 0 Å². The number of carbonyl (C=O) groups is 2. The van der Waals surface area contributed by atoms with Crippen LogP contribution in [0.5, 0.6) is 5.75 Å². The maximum absolute atomic E-state index is 13.5. The van der Waals surface area contributed by atoms with Gasteiger partial charge < -0.3 is 30.9 Å². The van der Waals surface area contributed by atoms with Crippen molar-refractivity contribution in [2.24, 2.45) is 5.92 Å². The summed E-state index contributed by atoms with van der Waals surface area (Å²) in [5, 5.41) is 15.7. The summed E-state index contributed by atoms with van der Waals surface area (Å²) < 4.78 is 38.4. The van der Waals surface area contributed by atoms with E-state index < -0.39 is 28.2 Å². The van der Waals surface area contributed by atoms with E-state index in [0.29, 0.717) is 31.5 Å². The number of hydrogen-bond donors (Lipinski definition) is 4. The van der Waals surface area contributed by atoms with Crippen LogP contribution >= 0.6 is 0 Å². The Morgan fingerprint density at radius 3 is 2.24 bits per heavy atom. The number of benzene rings is 3. The third-order valence-corrected chi connectivity index (χ3v) is 9.48. The lowest BCUT2D eigenvalue weighted by molar-refractivity contribution is -0.123. The standard InChI is InChI=1S/C34H46N4O7S/c1-24(2)22-38(46(42,43)30-18-14-27(35)15-19-30)28(23-39)10-7-8-20-36-33(40)32(37-34(41)45-4)21-26-9-5-6-11-31(26)25-12-16-29(44-3)17-13-25/h5-6,9,11-19,24,28,32,39H,7-8,10,20-23,35H2,1-4H3,(H,36,40)(H,37,41)/t28-,32-/m0/s1. The summed E-state index contributed by atoms with van der Waals surface area (Å²) in [7, 11) is -1.03. The number of carbonyl (C=O) groups excluding carboxylic acids is 2. The van der Waals surface area contributed by atoms with Crippen molar-refractivity contribution in [1.29, 1.82) is 0 Å². The molecule has 0 spiro atoms. The number of anilines is 1. The number of hydrogen-bond acceptors (Lipinski definition) is 8. The number of nitrogen functional groups attached to an aromatic ring is 1. The fourth-order valence-corrected chi connectivity index (χ4v) is 6.94. The Kier molecular flexibility index (Phi) is 13.9. The van der Waals surface area contributed by atoms with E-state index in [9.17, 15) is 23.1 Å². The van der Waals surface area contributed by atoms with Crippen molar-refractivity contribution in [2.75, 3.05) is 39.6 Å². The second kappa shape index (κ2) is 17.5. The molecule has 0 bridgehead atoms. The number of amides is 2. The normalized spacial score (nSPS) is 12.8. The fourth-order valence-electron chi connectivity index (χ4n) is 5.13. The van der Waals surface area contributed by atoms with E-state index >= 15 is 0 Å². The smallest absolute Gasteiger partial charge is 0.407 e. The summed E-state index contributed by atoms with van der Waals surface area (Å²) in [5.74, 6) is 0.388. The lowest BCUT2D eigenvalue weighted by atomic mass is 9.94. The average molecular weight is 655 g/mol. The van der Waals surface area contributed by atoms with Gasteiger partial charge >= 0.3 is 6.09 Å². The number of sulfonamides is 1. The highest BCUT2D eigenvalue weighted by Gasteiger charge is 2.31. The number of methoxy groups -OCH3 is 2. The SMILES string of the molecule is COC(=O)N[C@@H](Cc1ccccc1-c1ccc(OC)cc1)C(=O)NCCCC[C@@H](CO)N(CC(C)C)S(=O)(=O)c1ccc(N)cc1. The summed E-state index contributed by atoms with van der Waals surface area (Å²) in [5.41, 5.74) is 8.93. The number of rotatable bonds is 17. The molecule has 0 aliphatic carbocycles. The monoisotopic (exact) mass is 654 g/mol. The number of alkyl carbamates (subject to hydrolysis) is 1. The highest BCUT2D eigenvalue weighted by atomic mass is 32.2. The van der Waals surface area contributed by atoms with Gasteiger partial charge in [-0.3, -0.25) is 4.79 Å². The van der Waals surface area contributed by atoms with Crippen LogP contribution in [-0.4, -0.2) is 75.8 Å². The number of aliphatic hydroxyl groups is 1. The molecule has 0 aromatic heterocycles. The van der Waals surface area contributed by atoms with E-state index in [-0.39, 0.29) is 36.3 Å². The van der Waals surface area contributed by atoms with Gasteiger partial charge in [-0.1, -0.05) is 56.7 Å². The Morgan fingerprint density at radius 1 is 0.957 bits per heavy atom. The van der Waals surface area contributed by atoms with Gasteiger partial charge in [-0.05, 0) is 71.8 Å². The molecule has 0 unspecified atom stereocenters. The van der Waals surface area contributed by atoms with Gasteiger partial charge in [0.1, 0.15) is 11.8 Å². The molecular formula is C34H46N4O7S. The highest BCUT2D eigenvalue weighted by Crippen LogP contribution is 2.27. The average Bonchev–Trinajstić information content (AvgIpc) is 3.05. The number of unbranched alkanes of at least 4 members (excludes halogenated alkanes) is 1. The van der Waals surface area contributed by atoms with Gasteiger partial charge in [0.25, 0.3) is 0 Å². The zero-order chi connectivity index (χ0) is 33.7. The van der Waals surface area contributed by atoms with Crippen molar-refractivity contribution in [3.63, 3.8) is 0 Å². The maximum atomic E-state index is 13.5. The first kappa shape index (κ1) is 36.3. The lowest BCUT2D eigenvalue weighted by Gasteiger charge is -2.31. The van der Waals surface area contributed by atoms with E-state index in [2.05, 4.69) is 10.6 Å². The van der Waals surface area contributed by atoms with E-state index in [0.717, 1.165) is 22.4 Å². The van der Waals surface area contributed by atoms with Crippen molar-refractivity contribution >= 4 is 27.7 Å². The number of nitrogens with zero attached hydrogens (tertiary/aromatic N) is 1. The first-order valence-electron chi connectivity index (χ1n) is 15.3. The summed E-state index contributed by atoms with van der Waals surface area (Å²) in [6.07, 6.45) is 0.982. The molecule has 11 nitrogen and oxygen atoms in total. The Labute approximate surface area is 272 Å². The molecule has 5 N–H and O–H groups in total. The van der Waals surface area contributed by atoms with E-state index in [1.165, 1.54) is 35.7 Å². The molecule has 0 radical (unpaired) electrons. The largest absolute Gasteiger partial charge is 0.497 e. The number of aliphatic hydroxyl groups excluding tert-OH is 1. The van der Waals surface area contributed by atoms with E-state index in [1.54, 1.807) is 7.11 Å². The van der Waals surface area contributed by atoms with Crippen molar-refractivity contribution in [1.82, 2.24) is 14.9 Å². The summed E-state index contributed by atoms with van der Waals surface area (Å²) in [6.45, 7) is 4.04. The molecule has 0 aliphatic rings. The molecule has 0 saturated carbocycles. The predicted octanol–water partition coefficient (Wildman–Crippen LogP) is 4.21. The summed E-state index contributed by atoms with van der Waals surface area (Å²) >= 11 is 0. The van der Waals surface area contributed by atoms with Crippen LogP contribution in [0, 0.1) is 5.92 Å². The van der Waals surface area contributed by atoms with Crippen molar-refractivity contribution < 1.29 is 32.6 Å². The van der Waals surface area contributed by atoms with Crippen LogP contribution in [0.4, 0.5) is 10.5 Å². The van der Waals surface area contributed by atoms with Crippen LogP contribution in [0.3, 0.4) is 0 Å². The molecular weight excluding hydrogens is 608 g/mol. The minimum absolute atomic E-state index is 0.0333. The molecule has 3 aromatic carbocycles. The minimum Gasteiger partial charge on any atom is -0.497 e. The Morgan fingerprint density at radius 2 is 1.63 bits per heavy atom. The maximum Gasteiger partial charge on any atom is 0.407 e. The lowest BCUT2D eigenvalue weighted by Crippen LogP contribution is -2.48. The van der Waals surface area contributed by atoms with Gasteiger partial charge in [-0.2, -0.15) is 4.31 Å². The van der Waals surface area contributed by atoms with Crippen molar-refractivity contribution in [3.05, 3.63) is 78.4 Å². The van der Waals surface area contributed by atoms with Crippen LogP contribution in [0.25, 0.3) is 11.1 Å². The molecule has 2 atom stereocenters. The summed E-state index contributed by atoms with van der Waals surface area (Å²) in [6, 6.07) is 19.7. The molecule has 250 valence electrons. The van der Waals surface area contributed by atoms with Gasteiger partial charge in [-0.25, -0.2) is 13.2 Å². The Bertz CT molecular complexity index is 1510. The molecule has 2 amide bonds. The highest BCUT2D eigenvalue weighted by molar-refractivity contribution is 7.89. The third kappa shape index (κ3) is 10.2. The molecule has 0 aliphatic heterocycles. The van der Waals surface area contributed by atoms with Crippen LogP contribution in [0.15, 0.2) is 77.7 Å². The molecule has 3 aromatic rings. The van der Waals surface area contributed by atoms with Crippen LogP contribution < -0.4 is 21.1 Å². The molecule has 0 heterocycles. The Hall–Kier alpha value is -4.13. The van der Waals surface area contributed by atoms with Crippen LogP contribution in [0.2, 0.25) is 0 Å². The fraction of sp³-hybridized carbons (Fsp3) is 0.412. The molecule has 0 saturated heterocycles. The second-order valence-corrected chi connectivity index (χ2v) is 13.3. The molecule has 0 fully saturated rings. The van der Waals surface area contributed by atoms with Crippen LogP contribution in [-0.2, 0) is 26.0 Å². The topological polar surface area (TPSA) is 160 Å². The summed E-state index contributed by atoms with van der Waals surface area (Å²) in [4.78, 5) is 25.6. The first-order chi connectivity index (χ1) is 22.0. The zero-order valence-electron chi connectivity index (χ0n) is 26.9. The van der Waals surface area contributed by atoms with Gasteiger partial charge in [0.2, 0.25) is 15.9 Å². The van der Waals surface area contributed by atoms with E-state index in [4.69, 9.17) is 15.2 Å². The predicted molar refractivity (Wildman–Crippen MR) is 179 cm³/mol. The molecule has 3 rings (SSSR count). The second-order valence-electron chi connectivity index (χ2n) is 11.4. The van der Waals surface area contributed by atoms with Gasteiger partial charge in [0.15, 0.2) is 0 Å². The van der Waals surface area contributed by atoms with Gasteiger partial charge in [0, 0.05) is 31.2 Å². The number of ether oxygens (including phenoxy) is 2. The molecule has 12 heteroatoms. The van der Waals surface area contributed by atoms with E-state index in [1.807, 2.05) is 62.4 Å². The number of nitrogens with one attached hydrogen (secondary N) is 2. The van der Waals surface area contributed by atoms with Gasteiger partial charge in [0.05, 0.1) is 25.7 Å². The first-order valence-corrected chi connectivity index (χ1v) is 16.8. The van der Waals surface area contributed by atoms with Crippen LogP contribution in [0.1, 0.15) is 38.7 Å². The van der Waals surface area contributed by atoms with Crippen molar-refractivity contribution in [3.8, 4) is 16.9 Å². The minimum atomic E-state index is -3.87. The third-order valence-electron chi connectivity index (χ3n) is 7.55. The zero-order valence-corrected chi connectivity index (χ0v) is 27.8. The number of nitrogens with two attached hydrogens (primary N) is 1. The molecule has 46 heavy (non-hydrogen) atoms. The quantitative estimate of drug-likeness (QED) is 0.124.